The van der Waals surface area contributed by atoms with Crippen molar-refractivity contribution in [1.82, 2.24) is 27.9 Å². The number of phenols is 1. The minimum Gasteiger partial charge on any atom is -0.502 e. The SMILES string of the molecule is COc1cc(C=CC2C3=CCn4c(=O)n(-c5ccccc5)c(=O)n4C3Cn3c(=O)n(-c4ccccc4)c(=O)n32)cc(OC)c1O. The largest absolute Gasteiger partial charge is 0.502 e. The lowest BCUT2D eigenvalue weighted by atomic mass is 9.94. The monoisotopic (exact) mass is 608 g/mol. The van der Waals surface area contributed by atoms with Crippen LogP contribution in [0.1, 0.15) is 17.6 Å². The first-order valence-electron chi connectivity index (χ1n) is 14.2. The predicted molar refractivity (Wildman–Crippen MR) is 165 cm³/mol. The van der Waals surface area contributed by atoms with Crippen LogP contribution < -0.4 is 32.2 Å². The van der Waals surface area contributed by atoms with Crippen LogP contribution in [0.3, 0.4) is 0 Å². The van der Waals surface area contributed by atoms with Gasteiger partial charge in [0.2, 0.25) is 5.75 Å². The minimum absolute atomic E-state index is 0.0525. The molecule has 1 N–H and O–H groups in total. The predicted octanol–water partition coefficient (Wildman–Crippen LogP) is 2.09. The van der Waals surface area contributed by atoms with Gasteiger partial charge in [-0.3, -0.25) is 0 Å². The fourth-order valence-corrected chi connectivity index (χ4v) is 6.17. The molecule has 0 bridgehead atoms. The maximum absolute atomic E-state index is 14.0. The Kier molecular flexibility index (Phi) is 6.57. The highest BCUT2D eigenvalue weighted by Crippen LogP contribution is 2.39. The highest BCUT2D eigenvalue weighted by Gasteiger charge is 2.40. The van der Waals surface area contributed by atoms with Crippen LogP contribution >= 0.6 is 0 Å². The number of nitrogens with zero attached hydrogens (tertiary/aromatic N) is 6. The van der Waals surface area contributed by atoms with Gasteiger partial charge in [-0.05, 0) is 47.5 Å². The zero-order chi connectivity index (χ0) is 31.4. The highest BCUT2D eigenvalue weighted by atomic mass is 16.5. The third-order valence-electron chi connectivity index (χ3n) is 8.25. The lowest BCUT2D eigenvalue weighted by molar-refractivity contribution is 0.249. The van der Waals surface area contributed by atoms with Crippen molar-refractivity contribution in [3.63, 3.8) is 0 Å². The molecule has 0 spiro atoms. The van der Waals surface area contributed by atoms with Gasteiger partial charge >= 0.3 is 22.8 Å². The van der Waals surface area contributed by atoms with Crippen LogP contribution in [0.4, 0.5) is 0 Å². The number of fused-ring (bicyclic) bond motifs is 4. The van der Waals surface area contributed by atoms with E-state index in [0.717, 1.165) is 9.13 Å². The molecule has 2 unspecified atom stereocenters. The number of benzene rings is 3. The average Bonchev–Trinajstić information content (AvgIpc) is 3.47. The lowest BCUT2D eigenvalue weighted by Crippen LogP contribution is -2.46. The van der Waals surface area contributed by atoms with E-state index in [2.05, 4.69) is 0 Å². The molecule has 45 heavy (non-hydrogen) atoms. The molecule has 13 nitrogen and oxygen atoms in total. The van der Waals surface area contributed by atoms with Crippen molar-refractivity contribution in [2.24, 2.45) is 0 Å². The van der Waals surface area contributed by atoms with Crippen molar-refractivity contribution >= 4 is 6.08 Å². The number of methoxy groups -OCH3 is 2. The van der Waals surface area contributed by atoms with Crippen molar-refractivity contribution in [3.05, 3.63) is 138 Å². The van der Waals surface area contributed by atoms with E-state index in [1.807, 2.05) is 6.08 Å². The Bertz CT molecular complexity index is 2220. The van der Waals surface area contributed by atoms with Crippen LogP contribution in [-0.4, -0.2) is 47.2 Å². The Morgan fingerprint density at radius 3 is 1.82 bits per heavy atom. The molecule has 2 atom stereocenters. The molecule has 0 radical (unpaired) electrons. The molecule has 3 aromatic carbocycles. The first-order chi connectivity index (χ1) is 21.8. The van der Waals surface area contributed by atoms with Gasteiger partial charge in [0.15, 0.2) is 11.5 Å². The van der Waals surface area contributed by atoms with Gasteiger partial charge in [-0.25, -0.2) is 47.0 Å². The Labute approximate surface area is 254 Å². The number of para-hydroxylation sites is 2. The number of ether oxygens (including phenoxy) is 2. The quantitative estimate of drug-likeness (QED) is 0.292. The molecule has 2 aromatic heterocycles. The van der Waals surface area contributed by atoms with E-state index in [9.17, 15) is 24.3 Å². The summed E-state index contributed by atoms with van der Waals surface area (Å²) in [6.45, 7) is 0.0341. The van der Waals surface area contributed by atoms with E-state index in [1.54, 1.807) is 84.9 Å². The Morgan fingerprint density at radius 1 is 0.733 bits per heavy atom. The molecule has 13 heteroatoms. The number of hydrogen-bond acceptors (Lipinski definition) is 7. The van der Waals surface area contributed by atoms with Gasteiger partial charge in [0, 0.05) is 0 Å². The topological polar surface area (TPSA) is 137 Å². The summed E-state index contributed by atoms with van der Waals surface area (Å²) in [5, 5.41) is 10.4. The number of aromatic hydroxyl groups is 1. The van der Waals surface area contributed by atoms with Gasteiger partial charge in [0.05, 0.1) is 50.8 Å². The normalized spacial score (nSPS) is 17.0. The summed E-state index contributed by atoms with van der Waals surface area (Å²) in [5.74, 6) is 0.221. The minimum atomic E-state index is -0.810. The smallest absolute Gasteiger partial charge is 0.352 e. The van der Waals surface area contributed by atoms with Gasteiger partial charge in [0.25, 0.3) is 0 Å². The summed E-state index contributed by atoms with van der Waals surface area (Å²) in [4.78, 5) is 55.2. The van der Waals surface area contributed by atoms with Crippen LogP contribution in [0.5, 0.6) is 17.2 Å². The molecular weight excluding hydrogens is 580 g/mol. The van der Waals surface area contributed by atoms with Crippen LogP contribution in [0, 0.1) is 0 Å². The number of phenolic OH excluding ortho intramolecular Hbond substituents is 1. The second-order valence-electron chi connectivity index (χ2n) is 10.6. The zero-order valence-electron chi connectivity index (χ0n) is 24.3. The zero-order valence-corrected chi connectivity index (χ0v) is 24.3. The summed E-state index contributed by atoms with van der Waals surface area (Å²) in [6, 6.07) is 18.9. The molecule has 2 aliphatic rings. The Hall–Kier alpha value is -5.98. The van der Waals surface area contributed by atoms with E-state index in [4.69, 9.17) is 9.47 Å². The Balaban J connectivity index is 1.43. The Morgan fingerprint density at radius 2 is 1.27 bits per heavy atom. The fourth-order valence-electron chi connectivity index (χ4n) is 6.17. The summed E-state index contributed by atoms with van der Waals surface area (Å²) >= 11 is 0. The van der Waals surface area contributed by atoms with Gasteiger partial charge in [-0.1, -0.05) is 54.6 Å². The molecule has 2 aliphatic heterocycles. The summed E-state index contributed by atoms with van der Waals surface area (Å²) in [5.41, 5.74) is -0.103. The standard InChI is InChI=1S/C32H28N6O7/c1-44-26-17-20(18-27(45-2)28(26)39)13-14-24-23-15-16-33-29(40)35(21-9-5-3-6-10-21)32(43)38(33)25(23)19-34-30(41)36(31(42)37(24)34)22-11-7-4-8-12-22/h3-15,17-18,24-25,39H,16,19H2,1-2H3. The number of aromatic nitrogens is 6. The summed E-state index contributed by atoms with van der Waals surface area (Å²) in [7, 11) is 2.84. The third kappa shape index (κ3) is 4.23. The third-order valence-corrected chi connectivity index (χ3v) is 8.25. The average molecular weight is 609 g/mol. The van der Waals surface area contributed by atoms with Crippen molar-refractivity contribution < 1.29 is 14.6 Å². The van der Waals surface area contributed by atoms with Crippen LogP contribution in [0.15, 0.2) is 110 Å². The van der Waals surface area contributed by atoms with Crippen molar-refractivity contribution in [3.8, 4) is 28.6 Å². The molecule has 0 amide bonds. The summed E-state index contributed by atoms with van der Waals surface area (Å²) in [6.07, 6.45) is 5.29. The van der Waals surface area contributed by atoms with E-state index >= 15 is 0 Å². The second kappa shape index (κ2) is 10.6. The van der Waals surface area contributed by atoms with Crippen LogP contribution in [0.25, 0.3) is 17.5 Å². The molecule has 0 aliphatic carbocycles. The van der Waals surface area contributed by atoms with E-state index in [1.165, 1.54) is 32.9 Å². The molecule has 4 heterocycles. The lowest BCUT2D eigenvalue weighted by Gasteiger charge is -2.36. The molecule has 0 saturated carbocycles. The van der Waals surface area contributed by atoms with Crippen molar-refractivity contribution in [1.29, 1.82) is 0 Å². The first-order valence-corrected chi connectivity index (χ1v) is 14.2. The second-order valence-corrected chi connectivity index (χ2v) is 10.6. The highest BCUT2D eigenvalue weighted by molar-refractivity contribution is 5.62. The van der Waals surface area contributed by atoms with E-state index < -0.39 is 34.8 Å². The van der Waals surface area contributed by atoms with Crippen molar-refractivity contribution in [2.45, 2.75) is 25.2 Å². The maximum atomic E-state index is 14.0. The molecule has 0 fully saturated rings. The van der Waals surface area contributed by atoms with Crippen LogP contribution in [0.2, 0.25) is 0 Å². The molecular formula is C32H28N6O7. The number of allylic oxidation sites excluding steroid dienone is 3. The van der Waals surface area contributed by atoms with Gasteiger partial charge in [-0.2, -0.15) is 0 Å². The maximum Gasteiger partial charge on any atom is 0.352 e. The van der Waals surface area contributed by atoms with Crippen LogP contribution in [-0.2, 0) is 13.1 Å². The molecule has 7 rings (SSSR count). The number of hydrogen-bond donors (Lipinski definition) is 1. The van der Waals surface area contributed by atoms with Gasteiger partial charge in [0.1, 0.15) is 0 Å². The van der Waals surface area contributed by atoms with Gasteiger partial charge < -0.3 is 14.6 Å². The molecule has 0 saturated heterocycles. The molecule has 5 aromatic rings. The van der Waals surface area contributed by atoms with E-state index in [0.29, 0.717) is 22.5 Å². The van der Waals surface area contributed by atoms with E-state index in [-0.39, 0.29) is 30.3 Å². The molecule has 228 valence electrons. The van der Waals surface area contributed by atoms with Gasteiger partial charge in [-0.15, -0.1) is 0 Å². The fraction of sp³-hybridized carbons (Fsp3) is 0.188. The number of rotatable bonds is 6. The first kappa shape index (κ1) is 27.8. The van der Waals surface area contributed by atoms with Crippen molar-refractivity contribution in [2.75, 3.05) is 14.2 Å². The summed E-state index contributed by atoms with van der Waals surface area (Å²) < 4.78 is 18.2.